The number of carbonyl (C=O) groups excluding carboxylic acids is 1. The van der Waals surface area contributed by atoms with Gasteiger partial charge >= 0.3 is 5.97 Å². The molecule has 3 rings (SSSR count). The van der Waals surface area contributed by atoms with Crippen molar-refractivity contribution in [2.24, 2.45) is 0 Å². The summed E-state index contributed by atoms with van der Waals surface area (Å²) in [5.74, 6) is -0.150. The smallest absolute Gasteiger partial charge is 0.338 e. The summed E-state index contributed by atoms with van der Waals surface area (Å²) < 4.78 is 32.0. The zero-order chi connectivity index (χ0) is 23.3. The van der Waals surface area contributed by atoms with E-state index in [1.807, 2.05) is 24.3 Å². The van der Waals surface area contributed by atoms with Crippen LogP contribution in [-0.4, -0.2) is 39.4 Å². The second-order valence-corrected chi connectivity index (χ2v) is 10.3. The molecule has 5 nitrogen and oxygen atoms in total. The molecule has 0 spiro atoms. The zero-order valence-electron chi connectivity index (χ0n) is 19.2. The van der Waals surface area contributed by atoms with Crippen LogP contribution in [0.15, 0.2) is 65.6 Å². The van der Waals surface area contributed by atoms with E-state index in [1.54, 1.807) is 37.4 Å². The van der Waals surface area contributed by atoms with Gasteiger partial charge in [-0.25, -0.2) is 17.5 Å². The summed E-state index contributed by atoms with van der Waals surface area (Å²) in [5.41, 5.74) is 4.80. The predicted molar refractivity (Wildman–Crippen MR) is 128 cm³/mol. The third kappa shape index (κ3) is 4.87. The van der Waals surface area contributed by atoms with Crippen LogP contribution in [0.2, 0.25) is 0 Å². The Morgan fingerprint density at radius 2 is 1.53 bits per heavy atom. The van der Waals surface area contributed by atoms with Gasteiger partial charge in [-0.2, -0.15) is 0 Å². The Morgan fingerprint density at radius 1 is 0.938 bits per heavy atom. The van der Waals surface area contributed by atoms with Crippen molar-refractivity contribution in [3.8, 4) is 11.1 Å². The maximum Gasteiger partial charge on any atom is 0.338 e. The highest BCUT2D eigenvalue weighted by molar-refractivity contribution is 7.89. The van der Waals surface area contributed by atoms with Gasteiger partial charge in [-0.05, 0) is 59.6 Å². The molecule has 0 radical (unpaired) electrons. The molecule has 0 fully saturated rings. The summed E-state index contributed by atoms with van der Waals surface area (Å²) in [7, 11) is -0.454. The van der Waals surface area contributed by atoms with Gasteiger partial charge in [0.05, 0.1) is 17.6 Å². The lowest BCUT2D eigenvalue weighted by Crippen LogP contribution is -2.28. The summed E-state index contributed by atoms with van der Waals surface area (Å²) in [6, 6.07) is 18.4. The summed E-state index contributed by atoms with van der Waals surface area (Å²) in [6.45, 7) is 4.61. The number of methoxy groups -OCH3 is 1. The van der Waals surface area contributed by atoms with Gasteiger partial charge in [0.2, 0.25) is 10.0 Å². The van der Waals surface area contributed by atoms with Crippen LogP contribution in [0.5, 0.6) is 0 Å². The molecule has 0 amide bonds. The maximum atomic E-state index is 12.7. The molecule has 1 aromatic rings. The van der Waals surface area contributed by atoms with E-state index in [-0.39, 0.29) is 11.9 Å². The quantitative estimate of drug-likeness (QED) is 0.324. The molecule has 0 aromatic heterocycles. The number of carbonyl (C=O) groups is 1. The lowest BCUT2D eigenvalue weighted by Gasteiger charge is -2.17. The van der Waals surface area contributed by atoms with E-state index in [2.05, 4.69) is 19.9 Å². The van der Waals surface area contributed by atoms with Gasteiger partial charge in [-0.1, -0.05) is 62.4 Å². The summed E-state index contributed by atoms with van der Waals surface area (Å²) >= 11 is 0. The van der Waals surface area contributed by atoms with Crippen molar-refractivity contribution in [3.63, 3.8) is 0 Å². The maximum absolute atomic E-state index is 12.7. The minimum absolute atomic E-state index is 0.165. The number of esters is 1. The van der Waals surface area contributed by atoms with E-state index in [1.165, 1.54) is 11.4 Å². The molecule has 0 N–H and O–H groups in total. The normalized spacial score (nSPS) is 11.9. The molecule has 2 aliphatic rings. The van der Waals surface area contributed by atoms with Crippen LogP contribution in [0.1, 0.15) is 54.1 Å². The lowest BCUT2D eigenvalue weighted by atomic mass is 9.94. The minimum atomic E-state index is -3.49. The van der Waals surface area contributed by atoms with Crippen molar-refractivity contribution in [2.75, 3.05) is 20.7 Å². The van der Waals surface area contributed by atoms with Crippen molar-refractivity contribution >= 4 is 16.0 Å². The molecule has 0 bridgehead atoms. The van der Waals surface area contributed by atoms with E-state index in [9.17, 15) is 13.2 Å². The standard InChI is InChI=1S/C26H31NO4S/c1-19(2)24-22(21-15-9-6-10-16-23(21)25(24)26(28)31-4)17-11-12-18-27(3)32(29,30)20-13-7-5-8-14-20/h5-10,13-16,19H,11-12,17-18H2,1-4H3. The van der Waals surface area contributed by atoms with Gasteiger partial charge in [-0.15, -0.1) is 0 Å². The number of hydrogen-bond acceptors (Lipinski definition) is 4. The number of rotatable bonds is 9. The number of nitrogens with zero attached hydrogens (tertiary/aromatic N) is 1. The minimum Gasteiger partial charge on any atom is -0.465 e. The molecule has 0 aliphatic heterocycles. The molecular weight excluding hydrogens is 422 g/mol. The third-order valence-electron chi connectivity index (χ3n) is 5.80. The first-order valence-electron chi connectivity index (χ1n) is 10.9. The van der Waals surface area contributed by atoms with Crippen LogP contribution in [0.3, 0.4) is 0 Å². The average Bonchev–Trinajstić information content (AvgIpc) is 2.92. The summed E-state index contributed by atoms with van der Waals surface area (Å²) in [4.78, 5) is 12.9. The number of sulfonamides is 1. The first-order valence-corrected chi connectivity index (χ1v) is 12.4. The van der Waals surface area contributed by atoms with Crippen molar-refractivity contribution < 1.29 is 17.9 Å². The molecule has 2 aliphatic carbocycles. The van der Waals surface area contributed by atoms with E-state index >= 15 is 0 Å². The number of unbranched alkanes of at least 4 members (excludes halogenated alkanes) is 1. The monoisotopic (exact) mass is 453 g/mol. The Balaban J connectivity index is 1.80. The van der Waals surface area contributed by atoms with Crippen molar-refractivity contribution in [2.45, 2.75) is 43.9 Å². The molecular formula is C26H31NO4S. The van der Waals surface area contributed by atoms with E-state index in [0.717, 1.165) is 41.5 Å². The first kappa shape index (κ1) is 24.0. The fraction of sp³-hybridized carbons (Fsp3) is 0.346. The average molecular weight is 454 g/mol. The van der Waals surface area contributed by atoms with Gasteiger partial charge in [0, 0.05) is 13.6 Å². The van der Waals surface area contributed by atoms with Crippen LogP contribution in [0.25, 0.3) is 11.1 Å². The first-order chi connectivity index (χ1) is 15.3. The molecule has 0 unspecified atom stereocenters. The fourth-order valence-electron chi connectivity index (χ4n) is 4.23. The van der Waals surface area contributed by atoms with Crippen LogP contribution in [0.4, 0.5) is 0 Å². The summed E-state index contributed by atoms with van der Waals surface area (Å²) in [5, 5.41) is 0. The SMILES string of the molecule is COC(=O)c1c2cccccc-2c(CCCCN(C)S(=O)(=O)c2ccccc2)c1C(C)C. The molecule has 0 saturated heterocycles. The van der Waals surface area contributed by atoms with E-state index in [4.69, 9.17) is 4.74 Å². The van der Waals surface area contributed by atoms with E-state index < -0.39 is 10.0 Å². The van der Waals surface area contributed by atoms with Crippen molar-refractivity contribution in [3.05, 3.63) is 77.4 Å². The number of hydrogen-bond donors (Lipinski definition) is 0. The number of ether oxygens (including phenoxy) is 1. The number of benzene rings is 1. The third-order valence-corrected chi connectivity index (χ3v) is 7.67. The molecule has 32 heavy (non-hydrogen) atoms. The van der Waals surface area contributed by atoms with Gasteiger partial charge in [0.15, 0.2) is 0 Å². The molecule has 170 valence electrons. The summed E-state index contributed by atoms with van der Waals surface area (Å²) in [6.07, 6.45) is 2.30. The Morgan fingerprint density at radius 3 is 2.12 bits per heavy atom. The molecule has 0 saturated carbocycles. The van der Waals surface area contributed by atoms with Crippen LogP contribution in [-0.2, 0) is 21.2 Å². The highest BCUT2D eigenvalue weighted by Gasteiger charge is 2.28. The molecule has 0 heterocycles. The van der Waals surface area contributed by atoms with Crippen LogP contribution < -0.4 is 0 Å². The largest absolute Gasteiger partial charge is 0.465 e. The highest BCUT2D eigenvalue weighted by Crippen LogP contribution is 2.41. The second-order valence-electron chi connectivity index (χ2n) is 8.25. The van der Waals surface area contributed by atoms with Gasteiger partial charge in [-0.3, -0.25) is 0 Å². The lowest BCUT2D eigenvalue weighted by molar-refractivity contribution is 0.0600. The van der Waals surface area contributed by atoms with Crippen molar-refractivity contribution in [1.82, 2.24) is 4.31 Å². The Kier molecular flexibility index (Phi) is 7.69. The topological polar surface area (TPSA) is 63.7 Å². The van der Waals surface area contributed by atoms with E-state index in [0.29, 0.717) is 17.0 Å². The fourth-order valence-corrected chi connectivity index (χ4v) is 5.46. The molecule has 1 aromatic carbocycles. The predicted octanol–water partition coefficient (Wildman–Crippen LogP) is 5.34. The van der Waals surface area contributed by atoms with Crippen LogP contribution >= 0.6 is 0 Å². The zero-order valence-corrected chi connectivity index (χ0v) is 20.0. The Hall–Kier alpha value is -2.70. The Bertz CT molecular complexity index is 1140. The van der Waals surface area contributed by atoms with Gasteiger partial charge in [0.25, 0.3) is 0 Å². The molecule has 0 atom stereocenters. The Labute approximate surface area is 191 Å². The second kappa shape index (κ2) is 10.3. The van der Waals surface area contributed by atoms with Crippen molar-refractivity contribution in [1.29, 1.82) is 0 Å². The number of fused-ring (bicyclic) bond motifs is 1. The highest BCUT2D eigenvalue weighted by atomic mass is 32.2. The van der Waals surface area contributed by atoms with Crippen LogP contribution in [0, 0.1) is 0 Å². The van der Waals surface area contributed by atoms with Gasteiger partial charge < -0.3 is 4.74 Å². The van der Waals surface area contributed by atoms with Gasteiger partial charge in [0.1, 0.15) is 0 Å². The molecule has 6 heteroatoms.